The van der Waals surface area contributed by atoms with E-state index in [0.717, 1.165) is 10.0 Å². The number of hydrogen-bond acceptors (Lipinski definition) is 2. The van der Waals surface area contributed by atoms with Crippen LogP contribution in [-0.2, 0) is 0 Å². The summed E-state index contributed by atoms with van der Waals surface area (Å²) in [6, 6.07) is 5.63. The Morgan fingerprint density at radius 2 is 2.12 bits per heavy atom. The summed E-state index contributed by atoms with van der Waals surface area (Å²) in [5, 5.41) is 2.96. The van der Waals surface area contributed by atoms with Crippen molar-refractivity contribution in [3.05, 3.63) is 33.8 Å². The van der Waals surface area contributed by atoms with Crippen LogP contribution in [0.1, 0.15) is 29.8 Å². The van der Waals surface area contributed by atoms with Gasteiger partial charge in [-0.05, 0) is 50.8 Å². The molecule has 0 aliphatic carbocycles. The van der Waals surface area contributed by atoms with Crippen LogP contribution in [0.4, 0.5) is 0 Å². The maximum atomic E-state index is 11.9. The zero-order valence-electron chi connectivity index (χ0n) is 10.6. The van der Waals surface area contributed by atoms with Crippen molar-refractivity contribution >= 4 is 33.6 Å². The van der Waals surface area contributed by atoms with Crippen LogP contribution in [0.3, 0.4) is 0 Å². The Morgan fingerprint density at radius 3 is 2.65 bits per heavy atom. The van der Waals surface area contributed by atoms with Crippen LogP contribution < -0.4 is 5.32 Å². The molecule has 0 aliphatic rings. The number of hydrogen-bond donors (Lipinski definition) is 1. The van der Waals surface area contributed by atoms with E-state index in [2.05, 4.69) is 41.3 Å². The zero-order valence-corrected chi connectivity index (χ0v) is 13.0. The second-order valence-corrected chi connectivity index (χ2v) is 6.98. The van der Waals surface area contributed by atoms with Crippen LogP contribution in [0.2, 0.25) is 0 Å². The number of amides is 1. The number of halogens is 1. The molecule has 1 N–H and O–H groups in total. The van der Waals surface area contributed by atoms with Gasteiger partial charge in [0.15, 0.2) is 0 Å². The number of carbonyl (C=O) groups excluding carboxylic acids is 1. The van der Waals surface area contributed by atoms with E-state index < -0.39 is 0 Å². The highest BCUT2D eigenvalue weighted by Gasteiger charge is 2.17. The number of rotatable bonds is 4. The first-order chi connectivity index (χ1) is 7.85. The molecule has 0 saturated heterocycles. The highest BCUT2D eigenvalue weighted by atomic mass is 79.9. The van der Waals surface area contributed by atoms with Crippen molar-refractivity contribution in [1.29, 1.82) is 0 Å². The Morgan fingerprint density at radius 1 is 1.47 bits per heavy atom. The van der Waals surface area contributed by atoms with Crippen molar-refractivity contribution in [2.45, 2.75) is 25.5 Å². The van der Waals surface area contributed by atoms with E-state index in [1.54, 1.807) is 11.8 Å². The molecule has 0 bridgehead atoms. The molecule has 0 heterocycles. The normalized spacial score (nSPS) is 11.4. The third kappa shape index (κ3) is 4.36. The smallest absolute Gasteiger partial charge is 0.251 e. The summed E-state index contributed by atoms with van der Waals surface area (Å²) < 4.78 is 1.10. The second kappa shape index (κ2) is 5.91. The predicted octanol–water partition coefficient (Wildman–Crippen LogP) is 3.63. The van der Waals surface area contributed by atoms with Crippen molar-refractivity contribution in [2.24, 2.45) is 0 Å². The third-order valence-corrected chi connectivity index (χ3v) is 4.79. The lowest BCUT2D eigenvalue weighted by molar-refractivity contribution is 0.0950. The van der Waals surface area contributed by atoms with Gasteiger partial charge in [-0.2, -0.15) is 11.8 Å². The van der Waals surface area contributed by atoms with E-state index in [9.17, 15) is 4.79 Å². The average molecular weight is 316 g/mol. The van der Waals surface area contributed by atoms with Crippen LogP contribution in [0, 0.1) is 6.92 Å². The quantitative estimate of drug-likeness (QED) is 0.919. The summed E-state index contributed by atoms with van der Waals surface area (Å²) >= 11 is 5.17. The Hall–Kier alpha value is -0.480. The molecule has 1 rings (SSSR count). The molecule has 1 aromatic carbocycles. The minimum Gasteiger partial charge on any atom is -0.351 e. The van der Waals surface area contributed by atoms with Gasteiger partial charge in [-0.25, -0.2) is 0 Å². The molecule has 1 aromatic rings. The van der Waals surface area contributed by atoms with Gasteiger partial charge in [0.05, 0.1) is 0 Å². The molecule has 0 unspecified atom stereocenters. The topological polar surface area (TPSA) is 29.1 Å². The van der Waals surface area contributed by atoms with E-state index in [0.29, 0.717) is 12.1 Å². The molecule has 0 atom stereocenters. The van der Waals surface area contributed by atoms with Crippen molar-refractivity contribution in [2.75, 3.05) is 12.8 Å². The number of benzene rings is 1. The fourth-order valence-corrected chi connectivity index (χ4v) is 1.72. The van der Waals surface area contributed by atoms with Crippen LogP contribution in [0.25, 0.3) is 0 Å². The SMILES string of the molecule is CSC(C)(C)CNC(=O)c1ccc(Br)c(C)c1. The van der Waals surface area contributed by atoms with Gasteiger partial charge in [0.2, 0.25) is 0 Å². The van der Waals surface area contributed by atoms with Gasteiger partial charge in [0.25, 0.3) is 5.91 Å². The van der Waals surface area contributed by atoms with Gasteiger partial charge in [-0.1, -0.05) is 15.9 Å². The summed E-state index contributed by atoms with van der Waals surface area (Å²) in [6.07, 6.45) is 2.05. The molecule has 0 radical (unpaired) electrons. The molecule has 1 amide bonds. The first-order valence-electron chi connectivity index (χ1n) is 5.45. The van der Waals surface area contributed by atoms with E-state index in [1.807, 2.05) is 25.1 Å². The van der Waals surface area contributed by atoms with Crippen LogP contribution in [0.5, 0.6) is 0 Å². The summed E-state index contributed by atoms with van der Waals surface area (Å²) in [6.45, 7) is 6.88. The minimum atomic E-state index is -0.0114. The van der Waals surface area contributed by atoms with E-state index in [4.69, 9.17) is 0 Å². The van der Waals surface area contributed by atoms with Gasteiger partial charge in [-0.15, -0.1) is 0 Å². The minimum absolute atomic E-state index is 0.0114. The van der Waals surface area contributed by atoms with Gasteiger partial charge >= 0.3 is 0 Å². The predicted molar refractivity (Wildman–Crippen MR) is 78.8 cm³/mol. The molecule has 0 aliphatic heterocycles. The van der Waals surface area contributed by atoms with E-state index in [1.165, 1.54) is 0 Å². The van der Waals surface area contributed by atoms with Crippen LogP contribution in [-0.4, -0.2) is 23.5 Å². The van der Waals surface area contributed by atoms with Gasteiger partial charge < -0.3 is 5.32 Å². The van der Waals surface area contributed by atoms with Gasteiger partial charge in [0, 0.05) is 21.3 Å². The summed E-state index contributed by atoms with van der Waals surface area (Å²) in [4.78, 5) is 11.9. The summed E-state index contributed by atoms with van der Waals surface area (Å²) in [7, 11) is 0. The van der Waals surface area contributed by atoms with E-state index >= 15 is 0 Å². The molecule has 0 aromatic heterocycles. The molecule has 4 heteroatoms. The lowest BCUT2D eigenvalue weighted by Crippen LogP contribution is -2.36. The maximum absolute atomic E-state index is 11.9. The lowest BCUT2D eigenvalue weighted by atomic mass is 10.1. The van der Waals surface area contributed by atoms with Crippen molar-refractivity contribution in [3.63, 3.8) is 0 Å². The fraction of sp³-hybridized carbons (Fsp3) is 0.462. The van der Waals surface area contributed by atoms with Crippen molar-refractivity contribution in [3.8, 4) is 0 Å². The number of thioether (sulfide) groups is 1. The van der Waals surface area contributed by atoms with Crippen LogP contribution in [0.15, 0.2) is 22.7 Å². The number of carbonyl (C=O) groups is 1. The first kappa shape index (κ1) is 14.6. The third-order valence-electron chi connectivity index (χ3n) is 2.65. The molecule has 17 heavy (non-hydrogen) atoms. The number of nitrogens with one attached hydrogen (secondary N) is 1. The summed E-state index contributed by atoms with van der Waals surface area (Å²) in [5.74, 6) is -0.0114. The lowest BCUT2D eigenvalue weighted by Gasteiger charge is -2.22. The van der Waals surface area contributed by atoms with Crippen molar-refractivity contribution in [1.82, 2.24) is 5.32 Å². The maximum Gasteiger partial charge on any atom is 0.251 e. The zero-order chi connectivity index (χ0) is 13.1. The Labute approximate surface area is 116 Å². The van der Waals surface area contributed by atoms with Crippen LogP contribution >= 0.6 is 27.7 Å². The Kier molecular flexibility index (Phi) is 5.07. The van der Waals surface area contributed by atoms with Gasteiger partial charge in [-0.3, -0.25) is 4.79 Å². The van der Waals surface area contributed by atoms with Crippen molar-refractivity contribution < 1.29 is 4.79 Å². The standard InChI is InChI=1S/C13H18BrNOS/c1-9-7-10(5-6-11(9)14)12(16)15-8-13(2,3)17-4/h5-7H,8H2,1-4H3,(H,15,16). The monoisotopic (exact) mass is 315 g/mol. The molecular weight excluding hydrogens is 298 g/mol. The summed E-state index contributed by atoms with van der Waals surface area (Å²) in [5.41, 5.74) is 1.78. The molecule has 0 fully saturated rings. The van der Waals surface area contributed by atoms with Gasteiger partial charge in [0.1, 0.15) is 0 Å². The number of aryl methyl sites for hydroxylation is 1. The fourth-order valence-electron chi connectivity index (χ4n) is 1.25. The largest absolute Gasteiger partial charge is 0.351 e. The Bertz CT molecular complexity index is 418. The molecule has 94 valence electrons. The van der Waals surface area contributed by atoms with E-state index in [-0.39, 0.29) is 10.7 Å². The second-order valence-electron chi connectivity index (χ2n) is 4.61. The molecule has 0 saturated carbocycles. The Balaban J connectivity index is 2.68. The first-order valence-corrected chi connectivity index (χ1v) is 7.47. The molecular formula is C13H18BrNOS. The average Bonchev–Trinajstić information content (AvgIpc) is 2.30. The highest BCUT2D eigenvalue weighted by Crippen LogP contribution is 2.20. The highest BCUT2D eigenvalue weighted by molar-refractivity contribution is 9.10. The molecule has 2 nitrogen and oxygen atoms in total. The molecule has 0 spiro atoms.